The van der Waals surface area contributed by atoms with Gasteiger partial charge in [-0.3, -0.25) is 9.69 Å². The first-order valence-electron chi connectivity index (χ1n) is 8.84. The standard InChI is InChI=1S/C19H29NO5/c1-4-8-19(18(22)23)13-20(9-7-17(19)21)10-11-25-15-6-5-14(2)12-16(15)24-3/h5-6,12,17,21H,4,7-11,13H2,1-3H3,(H,22,23)/t17-,19+/m1/s1. The van der Waals surface area contributed by atoms with Crippen LogP contribution >= 0.6 is 0 Å². The molecule has 0 spiro atoms. The SMILES string of the molecule is CCC[C@]1(C(=O)O)CN(CCOc2ccc(C)cc2OC)CC[C@H]1O. The van der Waals surface area contributed by atoms with E-state index in [1.165, 1.54) is 0 Å². The van der Waals surface area contributed by atoms with E-state index in [4.69, 9.17) is 9.47 Å². The van der Waals surface area contributed by atoms with Crippen molar-refractivity contribution < 1.29 is 24.5 Å². The van der Waals surface area contributed by atoms with Gasteiger partial charge in [-0.05, 0) is 37.5 Å². The number of methoxy groups -OCH3 is 1. The van der Waals surface area contributed by atoms with Gasteiger partial charge in [0.15, 0.2) is 11.5 Å². The maximum atomic E-state index is 11.8. The predicted molar refractivity (Wildman–Crippen MR) is 95.3 cm³/mol. The summed E-state index contributed by atoms with van der Waals surface area (Å²) in [7, 11) is 1.61. The van der Waals surface area contributed by atoms with Crippen molar-refractivity contribution in [1.82, 2.24) is 4.90 Å². The number of rotatable bonds is 8. The second-order valence-corrected chi connectivity index (χ2v) is 6.79. The molecule has 0 unspecified atom stereocenters. The van der Waals surface area contributed by atoms with Gasteiger partial charge in [0.05, 0.1) is 13.2 Å². The highest BCUT2D eigenvalue weighted by atomic mass is 16.5. The van der Waals surface area contributed by atoms with E-state index in [0.29, 0.717) is 50.6 Å². The van der Waals surface area contributed by atoms with Crippen molar-refractivity contribution in [2.75, 3.05) is 33.4 Å². The number of aliphatic hydroxyl groups is 1. The Morgan fingerprint density at radius 1 is 1.40 bits per heavy atom. The third-order valence-electron chi connectivity index (χ3n) is 4.97. The van der Waals surface area contributed by atoms with Crippen LogP contribution in [0.5, 0.6) is 11.5 Å². The number of piperidine rings is 1. The van der Waals surface area contributed by atoms with Gasteiger partial charge in [-0.2, -0.15) is 0 Å². The molecule has 1 aromatic rings. The summed E-state index contributed by atoms with van der Waals surface area (Å²) < 4.78 is 11.2. The quantitative estimate of drug-likeness (QED) is 0.748. The number of hydrogen-bond acceptors (Lipinski definition) is 5. The van der Waals surface area contributed by atoms with Gasteiger partial charge < -0.3 is 19.7 Å². The molecule has 1 aliphatic heterocycles. The number of aliphatic hydroxyl groups excluding tert-OH is 1. The summed E-state index contributed by atoms with van der Waals surface area (Å²) in [5, 5.41) is 20.0. The van der Waals surface area contributed by atoms with Crippen molar-refractivity contribution >= 4 is 5.97 Å². The molecule has 6 heteroatoms. The largest absolute Gasteiger partial charge is 0.493 e. The van der Waals surface area contributed by atoms with E-state index in [1.807, 2.05) is 32.0 Å². The van der Waals surface area contributed by atoms with Gasteiger partial charge in [-0.25, -0.2) is 0 Å². The van der Waals surface area contributed by atoms with E-state index in [0.717, 1.165) is 12.0 Å². The zero-order chi connectivity index (χ0) is 18.4. The van der Waals surface area contributed by atoms with Gasteiger partial charge in [0.1, 0.15) is 12.0 Å². The van der Waals surface area contributed by atoms with Crippen LogP contribution in [-0.2, 0) is 4.79 Å². The van der Waals surface area contributed by atoms with Gasteiger partial charge in [0, 0.05) is 19.6 Å². The Labute approximate surface area is 149 Å². The van der Waals surface area contributed by atoms with Crippen LogP contribution in [0.1, 0.15) is 31.7 Å². The third-order valence-corrected chi connectivity index (χ3v) is 4.97. The molecule has 2 atom stereocenters. The Hall–Kier alpha value is -1.79. The second-order valence-electron chi connectivity index (χ2n) is 6.79. The van der Waals surface area contributed by atoms with Gasteiger partial charge in [-0.15, -0.1) is 0 Å². The number of ether oxygens (including phenoxy) is 2. The molecule has 6 nitrogen and oxygen atoms in total. The Balaban J connectivity index is 1.96. The molecular formula is C19H29NO5. The number of carboxylic acids is 1. The second kappa shape index (κ2) is 8.54. The normalized spacial score (nSPS) is 24.1. The van der Waals surface area contributed by atoms with E-state index < -0.39 is 17.5 Å². The molecule has 140 valence electrons. The molecule has 0 bridgehead atoms. The van der Waals surface area contributed by atoms with Crippen LogP contribution in [-0.4, -0.2) is 60.5 Å². The molecule has 0 radical (unpaired) electrons. The molecule has 0 saturated carbocycles. The molecule has 1 saturated heterocycles. The Kier molecular flexibility index (Phi) is 6.67. The number of aryl methyl sites for hydroxylation is 1. The number of carbonyl (C=O) groups is 1. The summed E-state index contributed by atoms with van der Waals surface area (Å²) in [6, 6.07) is 5.77. The van der Waals surface area contributed by atoms with Crippen molar-refractivity contribution in [3.63, 3.8) is 0 Å². The summed E-state index contributed by atoms with van der Waals surface area (Å²) in [5.41, 5.74) is 0.0224. The topological polar surface area (TPSA) is 79.2 Å². The minimum absolute atomic E-state index is 0.353. The van der Waals surface area contributed by atoms with Crippen LogP contribution in [0.2, 0.25) is 0 Å². The highest BCUT2D eigenvalue weighted by Gasteiger charge is 2.48. The first-order valence-corrected chi connectivity index (χ1v) is 8.84. The molecule has 1 aromatic carbocycles. The molecule has 0 aromatic heterocycles. The van der Waals surface area contributed by atoms with Gasteiger partial charge in [0.2, 0.25) is 0 Å². The number of benzene rings is 1. The first-order chi connectivity index (χ1) is 11.9. The molecule has 1 heterocycles. The summed E-state index contributed by atoms with van der Waals surface area (Å²) in [4.78, 5) is 13.9. The molecule has 1 fully saturated rings. The summed E-state index contributed by atoms with van der Waals surface area (Å²) in [5.74, 6) is 0.468. The van der Waals surface area contributed by atoms with Gasteiger partial charge in [0.25, 0.3) is 0 Å². The number of nitrogens with zero attached hydrogens (tertiary/aromatic N) is 1. The molecule has 0 aliphatic carbocycles. The van der Waals surface area contributed by atoms with Crippen molar-refractivity contribution in [3.8, 4) is 11.5 Å². The minimum atomic E-state index is -1.07. The van der Waals surface area contributed by atoms with Crippen molar-refractivity contribution in [2.45, 2.75) is 39.2 Å². The first kappa shape index (κ1) is 19.5. The number of carboxylic acid groups (broad SMARTS) is 1. The van der Waals surface area contributed by atoms with Crippen molar-refractivity contribution in [2.24, 2.45) is 5.41 Å². The van der Waals surface area contributed by atoms with Crippen LogP contribution in [0.3, 0.4) is 0 Å². The van der Waals surface area contributed by atoms with E-state index in [9.17, 15) is 15.0 Å². The average Bonchev–Trinajstić information content (AvgIpc) is 2.58. The molecular weight excluding hydrogens is 322 g/mol. The van der Waals surface area contributed by atoms with Crippen LogP contribution in [0, 0.1) is 12.3 Å². The average molecular weight is 351 g/mol. The monoisotopic (exact) mass is 351 g/mol. The predicted octanol–water partition coefficient (Wildman–Crippen LogP) is 2.32. The van der Waals surface area contributed by atoms with Crippen LogP contribution in [0.15, 0.2) is 18.2 Å². The Bertz CT molecular complexity index is 591. The van der Waals surface area contributed by atoms with Crippen LogP contribution < -0.4 is 9.47 Å². The fourth-order valence-electron chi connectivity index (χ4n) is 3.54. The zero-order valence-electron chi connectivity index (χ0n) is 15.3. The lowest BCUT2D eigenvalue weighted by molar-refractivity contribution is -0.164. The van der Waals surface area contributed by atoms with Crippen molar-refractivity contribution in [1.29, 1.82) is 0 Å². The van der Waals surface area contributed by atoms with Crippen LogP contribution in [0.25, 0.3) is 0 Å². The maximum absolute atomic E-state index is 11.8. The van der Waals surface area contributed by atoms with E-state index in [2.05, 4.69) is 4.90 Å². The number of hydrogen-bond donors (Lipinski definition) is 2. The molecule has 2 N–H and O–H groups in total. The lowest BCUT2D eigenvalue weighted by Gasteiger charge is -2.43. The van der Waals surface area contributed by atoms with Gasteiger partial charge >= 0.3 is 5.97 Å². The smallest absolute Gasteiger partial charge is 0.313 e. The lowest BCUT2D eigenvalue weighted by Crippen LogP contribution is -2.56. The minimum Gasteiger partial charge on any atom is -0.493 e. The summed E-state index contributed by atoms with van der Waals surface area (Å²) >= 11 is 0. The van der Waals surface area contributed by atoms with Crippen molar-refractivity contribution in [3.05, 3.63) is 23.8 Å². The summed E-state index contributed by atoms with van der Waals surface area (Å²) in [6.07, 6.45) is 0.889. The fraction of sp³-hybridized carbons (Fsp3) is 0.632. The van der Waals surface area contributed by atoms with E-state index in [-0.39, 0.29) is 0 Å². The van der Waals surface area contributed by atoms with E-state index >= 15 is 0 Å². The molecule has 1 aliphatic rings. The maximum Gasteiger partial charge on any atom is 0.313 e. The van der Waals surface area contributed by atoms with E-state index in [1.54, 1.807) is 7.11 Å². The lowest BCUT2D eigenvalue weighted by atomic mass is 9.74. The Morgan fingerprint density at radius 3 is 2.80 bits per heavy atom. The zero-order valence-corrected chi connectivity index (χ0v) is 15.3. The molecule has 0 amide bonds. The molecule has 2 rings (SSSR count). The fourth-order valence-corrected chi connectivity index (χ4v) is 3.54. The number of likely N-dealkylation sites (tertiary alicyclic amines) is 1. The van der Waals surface area contributed by atoms with Gasteiger partial charge in [-0.1, -0.05) is 19.4 Å². The molecule has 25 heavy (non-hydrogen) atoms. The number of aliphatic carboxylic acids is 1. The Morgan fingerprint density at radius 2 is 2.16 bits per heavy atom. The summed E-state index contributed by atoms with van der Waals surface area (Å²) in [6.45, 7) is 6.02. The third kappa shape index (κ3) is 4.44. The van der Waals surface area contributed by atoms with Crippen LogP contribution in [0.4, 0.5) is 0 Å². The highest BCUT2D eigenvalue weighted by Crippen LogP contribution is 2.35. The highest BCUT2D eigenvalue weighted by molar-refractivity contribution is 5.76.